The van der Waals surface area contributed by atoms with Gasteiger partial charge >= 0.3 is 5.97 Å². The van der Waals surface area contributed by atoms with Crippen molar-refractivity contribution in [2.24, 2.45) is 5.73 Å². The van der Waals surface area contributed by atoms with E-state index < -0.39 is 6.04 Å². The van der Waals surface area contributed by atoms with Gasteiger partial charge in [-0.05, 0) is 57.5 Å². The first kappa shape index (κ1) is 31.2. The van der Waals surface area contributed by atoms with Crippen LogP contribution in [0.1, 0.15) is 110 Å². The van der Waals surface area contributed by atoms with Crippen molar-refractivity contribution >= 4 is 23.6 Å². The number of likely N-dealkylation sites (tertiary alicyclic amines) is 1. The largest absolute Gasteiger partial charge is 0.466 e. The van der Waals surface area contributed by atoms with Crippen LogP contribution in [0.5, 0.6) is 0 Å². The zero-order chi connectivity index (χ0) is 24.7. The second kappa shape index (κ2) is 22.7. The number of carbonyl (C=O) groups is 2. The van der Waals surface area contributed by atoms with Crippen molar-refractivity contribution in [3.8, 4) is 0 Å². The first-order valence-corrected chi connectivity index (χ1v) is 15.3. The molecule has 1 fully saturated rings. The number of hydrogen-bond donors (Lipinski definition) is 2. The molecule has 1 aliphatic rings. The SMILES string of the molecule is CCCCCCCCCCCCCOC(=O)CCSCCC(N)C(=O)NCCCN1CCCC1. The summed E-state index contributed by atoms with van der Waals surface area (Å²) in [6.07, 6.45) is 18.9. The zero-order valence-corrected chi connectivity index (χ0v) is 22.8. The fourth-order valence-corrected chi connectivity index (χ4v) is 5.21. The van der Waals surface area contributed by atoms with Crippen molar-refractivity contribution in [1.82, 2.24) is 10.2 Å². The molecule has 0 saturated carbocycles. The molecule has 1 rings (SSSR count). The lowest BCUT2D eigenvalue weighted by Crippen LogP contribution is -2.41. The van der Waals surface area contributed by atoms with E-state index in [0.717, 1.165) is 37.3 Å². The molecule has 0 aliphatic carbocycles. The van der Waals surface area contributed by atoms with Crippen molar-refractivity contribution in [2.45, 2.75) is 116 Å². The molecule has 1 aliphatic heterocycles. The predicted octanol–water partition coefficient (Wildman–Crippen LogP) is 5.28. The molecule has 3 N–H and O–H groups in total. The number of hydrogen-bond acceptors (Lipinski definition) is 6. The maximum absolute atomic E-state index is 12.1. The Morgan fingerprint density at radius 2 is 1.53 bits per heavy atom. The van der Waals surface area contributed by atoms with Crippen LogP contribution in [0.3, 0.4) is 0 Å². The van der Waals surface area contributed by atoms with E-state index in [-0.39, 0.29) is 11.9 Å². The summed E-state index contributed by atoms with van der Waals surface area (Å²) in [5.74, 6) is 1.34. The molecule has 0 aromatic carbocycles. The summed E-state index contributed by atoms with van der Waals surface area (Å²) >= 11 is 1.67. The Balaban J connectivity index is 1.82. The van der Waals surface area contributed by atoms with E-state index in [1.807, 2.05) is 0 Å². The Morgan fingerprint density at radius 1 is 0.912 bits per heavy atom. The van der Waals surface area contributed by atoms with Crippen LogP contribution in [0.4, 0.5) is 0 Å². The van der Waals surface area contributed by atoms with Gasteiger partial charge in [0.2, 0.25) is 5.91 Å². The van der Waals surface area contributed by atoms with E-state index in [0.29, 0.717) is 26.0 Å². The molecule has 0 bridgehead atoms. The molecule has 0 spiro atoms. The highest BCUT2D eigenvalue weighted by Crippen LogP contribution is 2.12. The van der Waals surface area contributed by atoms with E-state index in [4.69, 9.17) is 10.5 Å². The molecule has 34 heavy (non-hydrogen) atoms. The Morgan fingerprint density at radius 3 is 2.18 bits per heavy atom. The van der Waals surface area contributed by atoms with Gasteiger partial charge in [-0.1, -0.05) is 71.1 Å². The standard InChI is InChI=1S/C27H53N3O3S/c1-2-3-4-5-6-7-8-9-10-11-14-22-33-26(31)17-24-34-23-16-25(28)27(32)29-18-15-21-30-19-12-13-20-30/h25H,2-24,28H2,1H3,(H,29,32). The quantitative estimate of drug-likeness (QED) is 0.147. The molecule has 1 saturated heterocycles. The number of nitrogens with two attached hydrogens (primary N) is 1. The fourth-order valence-electron chi connectivity index (χ4n) is 4.27. The summed E-state index contributed by atoms with van der Waals surface area (Å²) in [7, 11) is 0. The van der Waals surface area contributed by atoms with Crippen molar-refractivity contribution < 1.29 is 14.3 Å². The van der Waals surface area contributed by atoms with E-state index >= 15 is 0 Å². The maximum atomic E-state index is 12.1. The second-order valence-corrected chi connectivity index (χ2v) is 10.9. The van der Waals surface area contributed by atoms with Crippen LogP contribution in [0.25, 0.3) is 0 Å². The number of thioether (sulfide) groups is 1. The highest BCUT2D eigenvalue weighted by Gasteiger charge is 2.14. The molecule has 7 heteroatoms. The highest BCUT2D eigenvalue weighted by atomic mass is 32.2. The number of ether oxygens (including phenoxy) is 1. The van der Waals surface area contributed by atoms with Gasteiger partial charge in [0.1, 0.15) is 0 Å². The molecule has 6 nitrogen and oxygen atoms in total. The van der Waals surface area contributed by atoms with E-state index in [2.05, 4.69) is 17.1 Å². The minimum Gasteiger partial charge on any atom is -0.466 e. The summed E-state index contributed by atoms with van der Waals surface area (Å²) in [6, 6.07) is -0.465. The smallest absolute Gasteiger partial charge is 0.306 e. The van der Waals surface area contributed by atoms with E-state index in [9.17, 15) is 9.59 Å². The van der Waals surface area contributed by atoms with Gasteiger partial charge in [-0.2, -0.15) is 11.8 Å². The zero-order valence-electron chi connectivity index (χ0n) is 22.0. The molecule has 1 amide bonds. The molecular formula is C27H53N3O3S. The molecule has 0 aromatic rings. The summed E-state index contributed by atoms with van der Waals surface area (Å²) < 4.78 is 5.34. The maximum Gasteiger partial charge on any atom is 0.306 e. The third-order valence-electron chi connectivity index (χ3n) is 6.52. The van der Waals surface area contributed by atoms with E-state index in [1.165, 1.54) is 83.7 Å². The number of esters is 1. The molecule has 200 valence electrons. The monoisotopic (exact) mass is 499 g/mol. The van der Waals surface area contributed by atoms with Gasteiger partial charge in [-0.25, -0.2) is 0 Å². The average Bonchev–Trinajstić information content (AvgIpc) is 3.35. The summed E-state index contributed by atoms with van der Waals surface area (Å²) in [5, 5.41) is 2.95. The third-order valence-corrected chi connectivity index (χ3v) is 7.54. The number of unbranched alkanes of at least 4 members (excludes halogenated alkanes) is 10. The molecule has 1 heterocycles. The van der Waals surface area contributed by atoms with Gasteiger partial charge in [0, 0.05) is 12.3 Å². The highest BCUT2D eigenvalue weighted by molar-refractivity contribution is 7.99. The van der Waals surface area contributed by atoms with Crippen LogP contribution in [0, 0.1) is 0 Å². The van der Waals surface area contributed by atoms with Crippen LogP contribution < -0.4 is 11.1 Å². The Hall–Kier alpha value is -0.790. The van der Waals surface area contributed by atoms with Crippen molar-refractivity contribution in [3.05, 3.63) is 0 Å². The number of rotatable bonds is 23. The minimum absolute atomic E-state index is 0.0617. The minimum atomic E-state index is -0.465. The average molecular weight is 500 g/mol. The van der Waals surface area contributed by atoms with Crippen LogP contribution in [-0.4, -0.2) is 67.1 Å². The molecule has 1 atom stereocenters. The first-order valence-electron chi connectivity index (χ1n) is 14.1. The van der Waals surface area contributed by atoms with Crippen LogP contribution in [-0.2, 0) is 14.3 Å². The Kier molecular flexibility index (Phi) is 20.8. The lowest BCUT2D eigenvalue weighted by Gasteiger charge is -2.15. The van der Waals surface area contributed by atoms with Crippen LogP contribution >= 0.6 is 11.8 Å². The topological polar surface area (TPSA) is 84.7 Å². The van der Waals surface area contributed by atoms with Gasteiger partial charge in [0.25, 0.3) is 0 Å². The summed E-state index contributed by atoms with van der Waals surface area (Å²) in [4.78, 5) is 26.4. The fraction of sp³-hybridized carbons (Fsp3) is 0.926. The predicted molar refractivity (Wildman–Crippen MR) is 145 cm³/mol. The number of nitrogens with one attached hydrogen (secondary N) is 1. The Bertz CT molecular complexity index is 502. The summed E-state index contributed by atoms with van der Waals surface area (Å²) in [5.41, 5.74) is 5.99. The molecule has 0 radical (unpaired) electrons. The normalized spacial score (nSPS) is 14.9. The number of nitrogens with zero attached hydrogens (tertiary/aromatic N) is 1. The summed E-state index contributed by atoms with van der Waals surface area (Å²) in [6.45, 7) is 6.94. The van der Waals surface area contributed by atoms with Gasteiger partial charge in [-0.15, -0.1) is 0 Å². The van der Waals surface area contributed by atoms with E-state index in [1.54, 1.807) is 11.8 Å². The molecule has 1 unspecified atom stereocenters. The van der Waals surface area contributed by atoms with Crippen LogP contribution in [0.15, 0.2) is 0 Å². The van der Waals surface area contributed by atoms with Gasteiger partial charge in [0.05, 0.1) is 19.1 Å². The van der Waals surface area contributed by atoms with Crippen LogP contribution in [0.2, 0.25) is 0 Å². The lowest BCUT2D eigenvalue weighted by molar-refractivity contribution is -0.143. The lowest BCUT2D eigenvalue weighted by atomic mass is 10.1. The van der Waals surface area contributed by atoms with Gasteiger partial charge in [0.15, 0.2) is 0 Å². The second-order valence-electron chi connectivity index (χ2n) is 9.71. The molecule has 0 aromatic heterocycles. The van der Waals surface area contributed by atoms with Crippen molar-refractivity contribution in [3.63, 3.8) is 0 Å². The van der Waals surface area contributed by atoms with Crippen molar-refractivity contribution in [1.29, 1.82) is 0 Å². The first-order chi connectivity index (χ1) is 16.6. The molecular weight excluding hydrogens is 446 g/mol. The van der Waals surface area contributed by atoms with Gasteiger partial charge < -0.3 is 20.7 Å². The van der Waals surface area contributed by atoms with Crippen molar-refractivity contribution in [2.75, 3.05) is 44.3 Å². The van der Waals surface area contributed by atoms with Gasteiger partial charge in [-0.3, -0.25) is 9.59 Å². The Labute approximate surface area is 213 Å². The third kappa shape index (κ3) is 18.5. The number of amides is 1. The number of carbonyl (C=O) groups excluding carboxylic acids is 2.